The molecule has 0 saturated heterocycles. The molecule has 0 radical (unpaired) electrons. The zero-order valence-corrected chi connectivity index (χ0v) is 14.3. The Morgan fingerprint density at radius 3 is 2.50 bits per heavy atom. The molecule has 2 N–H and O–H groups in total. The van der Waals surface area contributed by atoms with E-state index in [-0.39, 0.29) is 12.1 Å². The van der Waals surface area contributed by atoms with Crippen molar-refractivity contribution in [3.8, 4) is 11.5 Å². The van der Waals surface area contributed by atoms with E-state index in [9.17, 15) is 14.0 Å². The SMILES string of the molecule is COc1ccc(OC)c(/C=N/NC(=O)CNC(=O)c2ccc(F)cc2)c1. The molecule has 136 valence electrons. The fraction of sp³-hybridized carbons (Fsp3) is 0.167. The monoisotopic (exact) mass is 359 g/mol. The third-order valence-electron chi connectivity index (χ3n) is 3.35. The van der Waals surface area contributed by atoms with Gasteiger partial charge in [-0.1, -0.05) is 0 Å². The Morgan fingerprint density at radius 1 is 1.12 bits per heavy atom. The fourth-order valence-electron chi connectivity index (χ4n) is 2.02. The van der Waals surface area contributed by atoms with Crippen molar-refractivity contribution < 1.29 is 23.5 Å². The van der Waals surface area contributed by atoms with Crippen molar-refractivity contribution in [3.63, 3.8) is 0 Å². The highest BCUT2D eigenvalue weighted by Gasteiger charge is 2.08. The average Bonchev–Trinajstić information content (AvgIpc) is 2.66. The molecule has 0 spiro atoms. The molecule has 2 rings (SSSR count). The van der Waals surface area contributed by atoms with Gasteiger partial charge < -0.3 is 14.8 Å². The van der Waals surface area contributed by atoms with Crippen molar-refractivity contribution in [2.45, 2.75) is 0 Å². The summed E-state index contributed by atoms with van der Waals surface area (Å²) in [4.78, 5) is 23.6. The smallest absolute Gasteiger partial charge is 0.259 e. The third kappa shape index (κ3) is 5.30. The number of halogens is 1. The molecule has 0 fully saturated rings. The maximum atomic E-state index is 12.8. The Balaban J connectivity index is 1.87. The highest BCUT2D eigenvalue weighted by atomic mass is 19.1. The number of ether oxygens (including phenoxy) is 2. The van der Waals surface area contributed by atoms with E-state index in [1.807, 2.05) is 0 Å². The zero-order chi connectivity index (χ0) is 18.9. The van der Waals surface area contributed by atoms with Crippen LogP contribution in [-0.4, -0.2) is 38.8 Å². The number of amides is 2. The second-order valence-corrected chi connectivity index (χ2v) is 5.09. The van der Waals surface area contributed by atoms with Gasteiger partial charge in [-0.25, -0.2) is 9.82 Å². The molecule has 7 nitrogen and oxygen atoms in total. The van der Waals surface area contributed by atoms with Crippen LogP contribution in [0.15, 0.2) is 47.6 Å². The standard InChI is InChI=1S/C18H18FN3O4/c1-25-15-7-8-16(26-2)13(9-15)10-21-22-17(23)11-20-18(24)12-3-5-14(19)6-4-12/h3-10H,11H2,1-2H3,(H,20,24)(H,22,23)/b21-10+. The van der Waals surface area contributed by atoms with Crippen molar-refractivity contribution in [2.24, 2.45) is 5.10 Å². The lowest BCUT2D eigenvalue weighted by Gasteiger charge is -2.07. The Hall–Kier alpha value is -3.42. The number of hydrazone groups is 1. The number of benzene rings is 2. The number of rotatable bonds is 7. The maximum absolute atomic E-state index is 12.8. The van der Waals surface area contributed by atoms with Crippen LogP contribution in [0, 0.1) is 5.82 Å². The maximum Gasteiger partial charge on any atom is 0.259 e. The van der Waals surface area contributed by atoms with E-state index >= 15 is 0 Å². The van der Waals surface area contributed by atoms with E-state index < -0.39 is 17.6 Å². The molecule has 0 aliphatic heterocycles. The summed E-state index contributed by atoms with van der Waals surface area (Å²) in [5.74, 6) is -0.266. The van der Waals surface area contributed by atoms with Gasteiger partial charge in [0.15, 0.2) is 0 Å². The van der Waals surface area contributed by atoms with E-state index in [1.165, 1.54) is 44.7 Å². The van der Waals surface area contributed by atoms with Gasteiger partial charge in [-0.3, -0.25) is 9.59 Å². The van der Waals surface area contributed by atoms with Crippen molar-refractivity contribution in [2.75, 3.05) is 20.8 Å². The molecule has 0 aliphatic carbocycles. The molecule has 0 aliphatic rings. The summed E-state index contributed by atoms with van der Waals surface area (Å²) < 4.78 is 23.1. The molecule has 0 aromatic heterocycles. The van der Waals surface area contributed by atoms with Crippen molar-refractivity contribution in [3.05, 3.63) is 59.4 Å². The summed E-state index contributed by atoms with van der Waals surface area (Å²) in [6.45, 7) is -0.275. The second-order valence-electron chi connectivity index (χ2n) is 5.09. The Morgan fingerprint density at radius 2 is 1.85 bits per heavy atom. The molecule has 8 heteroatoms. The normalized spacial score (nSPS) is 10.4. The lowest BCUT2D eigenvalue weighted by Crippen LogP contribution is -2.34. The zero-order valence-electron chi connectivity index (χ0n) is 14.3. The van der Waals surface area contributed by atoms with Crippen LogP contribution in [0.4, 0.5) is 4.39 Å². The molecule has 2 aromatic carbocycles. The molecule has 0 unspecified atom stereocenters. The first kappa shape index (κ1) is 18.9. The molecule has 2 aromatic rings. The highest BCUT2D eigenvalue weighted by molar-refractivity contribution is 5.96. The molecule has 0 heterocycles. The average molecular weight is 359 g/mol. The van der Waals surface area contributed by atoms with Crippen LogP contribution in [0.2, 0.25) is 0 Å². The molecular formula is C18H18FN3O4. The van der Waals surface area contributed by atoms with Crippen LogP contribution in [-0.2, 0) is 4.79 Å². The van der Waals surface area contributed by atoms with Crippen LogP contribution in [0.25, 0.3) is 0 Å². The predicted molar refractivity (Wildman–Crippen MR) is 94.0 cm³/mol. The van der Waals surface area contributed by atoms with E-state index in [0.717, 1.165) is 0 Å². The predicted octanol–water partition coefficient (Wildman–Crippen LogP) is 1.72. The fourth-order valence-corrected chi connectivity index (χ4v) is 2.02. The number of hydrogen-bond donors (Lipinski definition) is 2. The first-order valence-corrected chi connectivity index (χ1v) is 7.61. The van der Waals surface area contributed by atoms with Crippen molar-refractivity contribution in [1.29, 1.82) is 0 Å². The first-order chi connectivity index (χ1) is 12.5. The van der Waals surface area contributed by atoms with Gasteiger partial charge in [0.1, 0.15) is 17.3 Å². The van der Waals surface area contributed by atoms with Gasteiger partial charge in [-0.15, -0.1) is 0 Å². The summed E-state index contributed by atoms with van der Waals surface area (Å²) >= 11 is 0. The van der Waals surface area contributed by atoms with Gasteiger partial charge in [0.2, 0.25) is 0 Å². The molecular weight excluding hydrogens is 341 g/mol. The van der Waals surface area contributed by atoms with E-state index in [4.69, 9.17) is 9.47 Å². The van der Waals surface area contributed by atoms with Gasteiger partial charge in [0, 0.05) is 11.1 Å². The summed E-state index contributed by atoms with van der Waals surface area (Å²) in [6.07, 6.45) is 1.40. The van der Waals surface area contributed by atoms with Gasteiger partial charge in [0.25, 0.3) is 11.8 Å². The van der Waals surface area contributed by atoms with Crippen molar-refractivity contribution >= 4 is 18.0 Å². The largest absolute Gasteiger partial charge is 0.497 e. The lowest BCUT2D eigenvalue weighted by molar-refractivity contribution is -0.120. The summed E-state index contributed by atoms with van der Waals surface area (Å²) in [6, 6.07) is 10.1. The van der Waals surface area contributed by atoms with Crippen LogP contribution in [0.1, 0.15) is 15.9 Å². The van der Waals surface area contributed by atoms with Crippen LogP contribution in [0.3, 0.4) is 0 Å². The van der Waals surface area contributed by atoms with Gasteiger partial charge in [0.05, 0.1) is 27.0 Å². The second kappa shape index (κ2) is 9.16. The Kier molecular flexibility index (Phi) is 6.67. The molecule has 26 heavy (non-hydrogen) atoms. The summed E-state index contributed by atoms with van der Waals surface area (Å²) in [7, 11) is 3.05. The van der Waals surface area contributed by atoms with Crippen LogP contribution in [0.5, 0.6) is 11.5 Å². The Bertz CT molecular complexity index is 807. The summed E-state index contributed by atoms with van der Waals surface area (Å²) in [5, 5.41) is 6.24. The minimum absolute atomic E-state index is 0.254. The lowest BCUT2D eigenvalue weighted by atomic mass is 10.2. The minimum atomic E-state index is -0.515. The van der Waals surface area contributed by atoms with Crippen LogP contribution < -0.4 is 20.2 Å². The Labute approximate surface area is 149 Å². The molecule has 0 saturated carbocycles. The number of nitrogens with one attached hydrogen (secondary N) is 2. The number of nitrogens with zero attached hydrogens (tertiary/aromatic N) is 1. The van der Waals surface area contributed by atoms with E-state index in [2.05, 4.69) is 15.8 Å². The van der Waals surface area contributed by atoms with Gasteiger partial charge in [-0.2, -0.15) is 5.10 Å². The third-order valence-corrected chi connectivity index (χ3v) is 3.35. The molecule has 0 bridgehead atoms. The topological polar surface area (TPSA) is 89.0 Å². The highest BCUT2D eigenvalue weighted by Crippen LogP contribution is 2.22. The molecule has 2 amide bonds. The number of hydrogen-bond acceptors (Lipinski definition) is 5. The van der Waals surface area contributed by atoms with Gasteiger partial charge >= 0.3 is 0 Å². The number of carbonyl (C=O) groups is 2. The first-order valence-electron chi connectivity index (χ1n) is 7.61. The molecule has 0 atom stereocenters. The van der Waals surface area contributed by atoms with E-state index in [0.29, 0.717) is 17.1 Å². The number of methoxy groups -OCH3 is 2. The van der Waals surface area contributed by atoms with Crippen molar-refractivity contribution in [1.82, 2.24) is 10.7 Å². The van der Waals surface area contributed by atoms with E-state index in [1.54, 1.807) is 18.2 Å². The van der Waals surface area contributed by atoms with Gasteiger partial charge in [-0.05, 0) is 42.5 Å². The quantitative estimate of drug-likeness (QED) is 0.582. The van der Waals surface area contributed by atoms with Crippen LogP contribution >= 0.6 is 0 Å². The number of carbonyl (C=O) groups excluding carboxylic acids is 2. The minimum Gasteiger partial charge on any atom is -0.497 e. The summed E-state index contributed by atoms with van der Waals surface area (Å²) in [5.41, 5.74) is 3.16.